The Hall–Kier alpha value is -4.15. The van der Waals surface area contributed by atoms with E-state index < -0.39 is 23.7 Å². The third-order valence-electron chi connectivity index (χ3n) is 7.46. The first-order valence-corrected chi connectivity index (χ1v) is 12.8. The van der Waals surface area contributed by atoms with Crippen molar-refractivity contribution in [1.82, 2.24) is 14.9 Å². The van der Waals surface area contributed by atoms with E-state index in [4.69, 9.17) is 14.9 Å². The number of ether oxygens (including phenoxy) is 2. The van der Waals surface area contributed by atoms with Gasteiger partial charge < -0.3 is 14.4 Å². The third kappa shape index (κ3) is 4.66. The number of fused-ring (bicyclic) bond motifs is 2. The number of likely N-dealkylation sites (tertiary alicyclic amines) is 1. The summed E-state index contributed by atoms with van der Waals surface area (Å²) in [6.07, 6.45) is -0.513. The number of anilines is 2. The van der Waals surface area contributed by atoms with E-state index >= 15 is 0 Å². The fraction of sp³-hybridized carbons (Fsp3) is 0.357. The third-order valence-corrected chi connectivity index (χ3v) is 7.46. The van der Waals surface area contributed by atoms with E-state index in [0.717, 1.165) is 10.5 Å². The molecule has 2 fully saturated rings. The van der Waals surface area contributed by atoms with Gasteiger partial charge in [0.2, 0.25) is 5.91 Å². The first-order valence-electron chi connectivity index (χ1n) is 12.8. The summed E-state index contributed by atoms with van der Waals surface area (Å²) in [5, 5.41) is 8.15. The molecular weight excluding hydrogens is 511 g/mol. The minimum absolute atomic E-state index is 0.0705. The Morgan fingerprint density at radius 2 is 1.77 bits per heavy atom. The maximum atomic E-state index is 13.5. The largest absolute Gasteiger partial charge is 0.457 e. The van der Waals surface area contributed by atoms with Crippen LogP contribution in [0.4, 0.5) is 24.7 Å². The number of amides is 1. The maximum Gasteiger partial charge on any atom is 0.408 e. The van der Waals surface area contributed by atoms with Crippen LogP contribution in [0.15, 0.2) is 60.8 Å². The van der Waals surface area contributed by atoms with Gasteiger partial charge in [-0.05, 0) is 68.5 Å². The van der Waals surface area contributed by atoms with Gasteiger partial charge in [0, 0.05) is 18.3 Å². The van der Waals surface area contributed by atoms with Gasteiger partial charge in [-0.1, -0.05) is 18.2 Å². The van der Waals surface area contributed by atoms with Crippen molar-refractivity contribution in [3.8, 4) is 11.5 Å². The molecule has 6 rings (SSSR count). The summed E-state index contributed by atoms with van der Waals surface area (Å²) < 4.78 is 51.6. The van der Waals surface area contributed by atoms with Crippen LogP contribution in [0.2, 0.25) is 0 Å². The van der Waals surface area contributed by atoms with Gasteiger partial charge in [-0.3, -0.25) is 15.1 Å². The lowest BCUT2D eigenvalue weighted by molar-refractivity contribution is -0.182. The molecule has 1 amide bonds. The van der Waals surface area contributed by atoms with Crippen LogP contribution < -0.4 is 9.64 Å². The molecule has 3 aliphatic rings. The first-order chi connectivity index (χ1) is 18.8. The Balaban J connectivity index is 1.21. The number of carbonyl (C=O) groups excluding carboxylic acids is 1. The quantitative estimate of drug-likeness (QED) is 0.325. The fourth-order valence-corrected chi connectivity index (χ4v) is 5.28. The number of hydrogen-bond donors (Lipinski definition) is 1. The van der Waals surface area contributed by atoms with Gasteiger partial charge in [0.15, 0.2) is 12.4 Å². The molecule has 1 saturated heterocycles. The highest BCUT2D eigenvalue weighted by atomic mass is 19.4. The second-order valence-electron chi connectivity index (χ2n) is 10.00. The van der Waals surface area contributed by atoms with E-state index in [9.17, 15) is 18.0 Å². The predicted octanol–water partition coefficient (Wildman–Crippen LogP) is 5.85. The summed E-state index contributed by atoms with van der Waals surface area (Å²) in [4.78, 5) is 24.9. The van der Waals surface area contributed by atoms with Crippen molar-refractivity contribution in [3.63, 3.8) is 0 Å². The predicted molar refractivity (Wildman–Crippen MR) is 136 cm³/mol. The van der Waals surface area contributed by atoms with Gasteiger partial charge in [-0.25, -0.2) is 9.97 Å². The number of hydrogen-bond acceptors (Lipinski definition) is 6. The average molecular weight is 538 g/mol. The SMILES string of the molecule is N=C(OCc1ncc2c(n1)N(c1ccc(Oc3ccccc3)cc1)C(=O)C21CC1)N1CCCCC1C(F)(F)F. The zero-order chi connectivity index (χ0) is 27.2. The number of nitrogens with one attached hydrogen (secondary N) is 1. The zero-order valence-corrected chi connectivity index (χ0v) is 20.9. The van der Waals surface area contributed by atoms with E-state index in [1.807, 2.05) is 30.3 Å². The highest BCUT2D eigenvalue weighted by molar-refractivity contribution is 6.13. The van der Waals surface area contributed by atoms with Crippen molar-refractivity contribution in [2.75, 3.05) is 11.4 Å². The molecule has 11 heteroatoms. The number of amidine groups is 1. The fourth-order valence-electron chi connectivity index (χ4n) is 5.28. The van der Waals surface area contributed by atoms with Crippen LogP contribution in [0.5, 0.6) is 11.5 Å². The standard InChI is InChI=1S/C28H26F3N5O3/c29-28(30,31)22-8-4-5-15-35(22)26(32)38-17-23-33-16-21-24(34-23)36(25(37)27(21)13-14-27)18-9-11-20(12-10-18)39-19-6-2-1-3-7-19/h1-3,6-7,9-12,16,22,32H,4-5,8,13-15,17H2. The van der Waals surface area contributed by atoms with Crippen LogP contribution >= 0.6 is 0 Å². The second kappa shape index (κ2) is 9.55. The van der Waals surface area contributed by atoms with E-state index in [1.165, 1.54) is 0 Å². The van der Waals surface area contributed by atoms with Crippen molar-refractivity contribution in [2.45, 2.75) is 56.3 Å². The molecule has 1 unspecified atom stereocenters. The molecule has 0 radical (unpaired) electrons. The lowest BCUT2D eigenvalue weighted by Crippen LogP contribution is -2.51. The number of nitrogens with zero attached hydrogens (tertiary/aromatic N) is 4. The highest BCUT2D eigenvalue weighted by Crippen LogP contribution is 2.58. The van der Waals surface area contributed by atoms with E-state index in [2.05, 4.69) is 9.97 Å². The van der Waals surface area contributed by atoms with Crippen molar-refractivity contribution in [1.29, 1.82) is 5.41 Å². The molecule has 2 aliphatic heterocycles. The van der Waals surface area contributed by atoms with Crippen LogP contribution in [0.25, 0.3) is 0 Å². The summed E-state index contributed by atoms with van der Waals surface area (Å²) in [5.41, 5.74) is 0.697. The number of alkyl halides is 3. The normalized spacial score (nSPS) is 19.7. The molecule has 1 aliphatic carbocycles. The molecular formula is C28H26F3N5O3. The molecule has 1 aromatic heterocycles. The number of aromatic nitrogens is 2. The van der Waals surface area contributed by atoms with Gasteiger partial charge >= 0.3 is 6.18 Å². The minimum atomic E-state index is -4.44. The first kappa shape index (κ1) is 25.1. The van der Waals surface area contributed by atoms with Crippen LogP contribution in [0.1, 0.15) is 43.5 Å². The second-order valence-corrected chi connectivity index (χ2v) is 10.00. The van der Waals surface area contributed by atoms with Crippen LogP contribution in [-0.2, 0) is 21.6 Å². The Bertz CT molecular complexity index is 1390. The molecule has 1 atom stereocenters. The van der Waals surface area contributed by atoms with Crippen LogP contribution in [0, 0.1) is 5.41 Å². The topological polar surface area (TPSA) is 91.6 Å². The number of rotatable bonds is 5. The lowest BCUT2D eigenvalue weighted by Gasteiger charge is -2.37. The number of carbonyl (C=O) groups is 1. The Labute approximate surface area is 222 Å². The van der Waals surface area contributed by atoms with Gasteiger partial charge in [-0.15, -0.1) is 0 Å². The number of benzene rings is 2. The monoisotopic (exact) mass is 537 g/mol. The Morgan fingerprint density at radius 3 is 2.46 bits per heavy atom. The molecule has 1 N–H and O–H groups in total. The molecule has 2 aromatic carbocycles. The summed E-state index contributed by atoms with van der Waals surface area (Å²) in [6.45, 7) is -0.186. The lowest BCUT2D eigenvalue weighted by atomic mass is 10.0. The molecule has 39 heavy (non-hydrogen) atoms. The maximum absolute atomic E-state index is 13.5. The Morgan fingerprint density at radius 1 is 1.05 bits per heavy atom. The molecule has 3 heterocycles. The summed E-state index contributed by atoms with van der Waals surface area (Å²) >= 11 is 0. The number of para-hydroxylation sites is 1. The van der Waals surface area contributed by atoms with Crippen LogP contribution in [0.3, 0.4) is 0 Å². The smallest absolute Gasteiger partial charge is 0.408 e. The molecule has 3 aromatic rings. The summed E-state index contributed by atoms with van der Waals surface area (Å²) in [7, 11) is 0. The van der Waals surface area contributed by atoms with E-state index in [-0.39, 0.29) is 31.3 Å². The van der Waals surface area contributed by atoms with E-state index in [1.54, 1.807) is 35.4 Å². The molecule has 1 spiro atoms. The molecule has 1 saturated carbocycles. The Kier molecular flexibility index (Phi) is 6.16. The van der Waals surface area contributed by atoms with Gasteiger partial charge in [0.1, 0.15) is 23.4 Å². The minimum Gasteiger partial charge on any atom is -0.457 e. The molecule has 202 valence electrons. The van der Waals surface area contributed by atoms with Gasteiger partial charge in [-0.2, -0.15) is 13.2 Å². The van der Waals surface area contributed by atoms with Crippen molar-refractivity contribution >= 4 is 23.4 Å². The van der Waals surface area contributed by atoms with Crippen molar-refractivity contribution in [2.24, 2.45) is 0 Å². The number of piperidine rings is 1. The molecule has 0 bridgehead atoms. The highest BCUT2D eigenvalue weighted by Gasteiger charge is 2.60. The number of halogens is 3. The molecule has 8 nitrogen and oxygen atoms in total. The summed E-state index contributed by atoms with van der Waals surface area (Å²) in [6, 6.07) is 14.2. The summed E-state index contributed by atoms with van der Waals surface area (Å²) in [5.74, 6) is 1.83. The van der Waals surface area contributed by atoms with Crippen molar-refractivity contribution < 1.29 is 27.4 Å². The van der Waals surface area contributed by atoms with Gasteiger partial charge in [0.05, 0.1) is 11.1 Å². The van der Waals surface area contributed by atoms with Crippen LogP contribution in [-0.4, -0.2) is 45.6 Å². The van der Waals surface area contributed by atoms with Crippen molar-refractivity contribution in [3.05, 3.63) is 72.2 Å². The average Bonchev–Trinajstić information content (AvgIpc) is 3.71. The zero-order valence-electron chi connectivity index (χ0n) is 20.9. The van der Waals surface area contributed by atoms with E-state index in [0.29, 0.717) is 48.7 Å². The van der Waals surface area contributed by atoms with Gasteiger partial charge in [0.25, 0.3) is 6.02 Å².